The molecular formula is C31H35BrN2O7. The molecule has 41 heavy (non-hydrogen) atoms. The highest BCUT2D eigenvalue weighted by atomic mass is 79.9. The molecule has 4 rings (SSSR count). The van der Waals surface area contributed by atoms with Gasteiger partial charge in [0, 0.05) is 41.6 Å². The molecule has 0 spiro atoms. The molecule has 218 valence electrons. The fourth-order valence-corrected chi connectivity index (χ4v) is 5.07. The van der Waals surface area contributed by atoms with E-state index in [1.165, 1.54) is 0 Å². The third-order valence-corrected chi connectivity index (χ3v) is 7.76. The smallest absolute Gasteiger partial charge is 0.252 e. The summed E-state index contributed by atoms with van der Waals surface area (Å²) >= 11 is 3.62. The van der Waals surface area contributed by atoms with Crippen LogP contribution in [0.1, 0.15) is 30.0 Å². The van der Waals surface area contributed by atoms with Crippen LogP contribution in [0.5, 0.6) is 23.0 Å². The lowest BCUT2D eigenvalue weighted by molar-refractivity contribution is -0.128. The van der Waals surface area contributed by atoms with E-state index >= 15 is 0 Å². The monoisotopic (exact) mass is 626 g/mol. The summed E-state index contributed by atoms with van der Waals surface area (Å²) in [6.45, 7) is 2.49. The van der Waals surface area contributed by atoms with Crippen molar-refractivity contribution >= 4 is 27.7 Å². The Labute approximate surface area is 248 Å². The molecule has 2 atom stereocenters. The van der Waals surface area contributed by atoms with Crippen molar-refractivity contribution in [3.8, 4) is 23.0 Å². The molecule has 0 aliphatic carbocycles. The van der Waals surface area contributed by atoms with E-state index in [2.05, 4.69) is 21.2 Å². The first-order valence-electron chi connectivity index (χ1n) is 13.3. The van der Waals surface area contributed by atoms with Crippen LogP contribution in [-0.2, 0) is 22.5 Å². The predicted molar refractivity (Wildman–Crippen MR) is 159 cm³/mol. The topological polar surface area (TPSA) is 108 Å². The number of halogens is 1. The summed E-state index contributed by atoms with van der Waals surface area (Å²) in [6.07, 6.45) is 0.296. The lowest BCUT2D eigenvalue weighted by Gasteiger charge is -2.29. The Bertz CT molecular complexity index is 1350. The molecule has 1 heterocycles. The number of benzene rings is 3. The van der Waals surface area contributed by atoms with E-state index < -0.39 is 11.6 Å². The molecule has 0 saturated heterocycles. The Balaban J connectivity index is 1.66. The number of carbonyl (C=O) groups is 1. The van der Waals surface area contributed by atoms with Gasteiger partial charge in [-0.15, -0.1) is 0 Å². The van der Waals surface area contributed by atoms with Crippen molar-refractivity contribution in [3.05, 3.63) is 81.8 Å². The van der Waals surface area contributed by atoms with Crippen molar-refractivity contribution in [2.24, 2.45) is 4.99 Å². The van der Waals surface area contributed by atoms with Crippen LogP contribution in [0.2, 0.25) is 0 Å². The Morgan fingerprint density at radius 1 is 1.02 bits per heavy atom. The molecule has 2 N–H and O–H groups in total. The van der Waals surface area contributed by atoms with Gasteiger partial charge in [-0.1, -0.05) is 34.1 Å². The molecule has 1 amide bonds. The van der Waals surface area contributed by atoms with E-state index in [4.69, 9.17) is 33.8 Å². The van der Waals surface area contributed by atoms with Gasteiger partial charge in [-0.3, -0.25) is 4.79 Å². The summed E-state index contributed by atoms with van der Waals surface area (Å²) in [4.78, 5) is 19.0. The number of aliphatic hydroxyl groups is 1. The second-order valence-corrected chi connectivity index (χ2v) is 10.4. The second-order valence-electron chi connectivity index (χ2n) is 9.51. The number of aliphatic hydroxyl groups excluding tert-OH is 1. The largest absolute Gasteiger partial charge is 0.496 e. The SMILES string of the molecule is COc1cc(OC)c(CNC(=O)[C@]2(Cc3ccccc3Br)N=C(c3ccc(OCCCO)cc3)O[C@@H]2C)c(OC)c1. The first-order chi connectivity index (χ1) is 19.8. The van der Waals surface area contributed by atoms with Crippen molar-refractivity contribution < 1.29 is 33.6 Å². The summed E-state index contributed by atoms with van der Waals surface area (Å²) in [6, 6.07) is 18.6. The number of carbonyl (C=O) groups excluding carboxylic acids is 1. The maximum atomic E-state index is 14.1. The van der Waals surface area contributed by atoms with Crippen LogP contribution >= 0.6 is 15.9 Å². The fourth-order valence-electron chi connectivity index (χ4n) is 4.65. The quantitative estimate of drug-likeness (QED) is 0.265. The zero-order valence-electron chi connectivity index (χ0n) is 23.6. The van der Waals surface area contributed by atoms with Gasteiger partial charge in [-0.2, -0.15) is 0 Å². The molecule has 0 radical (unpaired) electrons. The Morgan fingerprint density at radius 3 is 2.32 bits per heavy atom. The first kappa shape index (κ1) is 30.2. The number of amides is 1. The van der Waals surface area contributed by atoms with Crippen molar-refractivity contribution in [2.75, 3.05) is 34.5 Å². The molecule has 0 unspecified atom stereocenters. The van der Waals surface area contributed by atoms with Crippen LogP contribution in [0.15, 0.2) is 70.1 Å². The maximum Gasteiger partial charge on any atom is 0.252 e. The minimum atomic E-state index is -1.25. The average Bonchev–Trinajstić information content (AvgIpc) is 3.33. The molecule has 0 aromatic heterocycles. The van der Waals surface area contributed by atoms with Gasteiger partial charge in [0.15, 0.2) is 5.54 Å². The Morgan fingerprint density at radius 2 is 1.71 bits per heavy atom. The van der Waals surface area contributed by atoms with Crippen LogP contribution in [0.25, 0.3) is 0 Å². The molecular weight excluding hydrogens is 592 g/mol. The van der Waals surface area contributed by atoms with Crippen LogP contribution in [-0.4, -0.2) is 63.1 Å². The van der Waals surface area contributed by atoms with Gasteiger partial charge in [0.1, 0.15) is 29.1 Å². The van der Waals surface area contributed by atoms with E-state index in [-0.39, 0.29) is 19.1 Å². The molecule has 3 aromatic carbocycles. The standard InChI is InChI=1S/C31H35BrN2O7/c1-20-31(18-22-8-5-6-9-26(22)32,34-29(41-20)21-10-12-23(13-11-21)40-15-7-14-35)30(36)33-19-25-27(38-3)16-24(37-2)17-28(25)39-4/h5-6,8-13,16-17,20,35H,7,14-15,18-19H2,1-4H3,(H,33,36)/t20-,31-/m1/s1. The fraction of sp³-hybridized carbons (Fsp3) is 0.355. The molecule has 0 fully saturated rings. The van der Waals surface area contributed by atoms with Gasteiger partial charge >= 0.3 is 0 Å². The number of nitrogens with zero attached hydrogens (tertiary/aromatic N) is 1. The van der Waals surface area contributed by atoms with Crippen LogP contribution in [0.4, 0.5) is 0 Å². The lowest BCUT2D eigenvalue weighted by atomic mass is 9.86. The number of methoxy groups -OCH3 is 3. The van der Waals surface area contributed by atoms with E-state index in [0.717, 1.165) is 15.6 Å². The molecule has 0 saturated carbocycles. The highest BCUT2D eigenvalue weighted by Crippen LogP contribution is 2.37. The zero-order chi connectivity index (χ0) is 29.4. The summed E-state index contributed by atoms with van der Waals surface area (Å²) < 4.78 is 29.3. The Kier molecular flexibility index (Phi) is 10.1. The molecule has 9 nitrogen and oxygen atoms in total. The number of rotatable bonds is 13. The summed E-state index contributed by atoms with van der Waals surface area (Å²) in [5.41, 5.74) is 1.08. The average molecular weight is 628 g/mol. The number of hydrogen-bond acceptors (Lipinski definition) is 8. The molecule has 10 heteroatoms. The molecule has 1 aliphatic rings. The maximum absolute atomic E-state index is 14.1. The Hall–Kier alpha value is -3.76. The minimum Gasteiger partial charge on any atom is -0.496 e. The summed E-state index contributed by atoms with van der Waals surface area (Å²) in [5.74, 6) is 2.40. The predicted octanol–water partition coefficient (Wildman–Crippen LogP) is 4.70. The highest BCUT2D eigenvalue weighted by Gasteiger charge is 2.50. The van der Waals surface area contributed by atoms with E-state index in [1.54, 1.807) is 33.5 Å². The number of hydrogen-bond donors (Lipinski definition) is 2. The molecule has 3 aromatic rings. The number of nitrogens with one attached hydrogen (secondary N) is 1. The highest BCUT2D eigenvalue weighted by molar-refractivity contribution is 9.10. The van der Waals surface area contributed by atoms with E-state index in [1.807, 2.05) is 55.5 Å². The van der Waals surface area contributed by atoms with Gasteiger partial charge in [-0.05, 0) is 42.8 Å². The van der Waals surface area contributed by atoms with Crippen LogP contribution in [0, 0.1) is 0 Å². The van der Waals surface area contributed by atoms with Gasteiger partial charge in [0.25, 0.3) is 5.91 Å². The van der Waals surface area contributed by atoms with Crippen LogP contribution < -0.4 is 24.3 Å². The van der Waals surface area contributed by atoms with Gasteiger partial charge in [0.2, 0.25) is 5.90 Å². The van der Waals surface area contributed by atoms with Gasteiger partial charge in [0.05, 0.1) is 40.0 Å². The van der Waals surface area contributed by atoms with E-state index in [9.17, 15) is 4.79 Å². The summed E-state index contributed by atoms with van der Waals surface area (Å²) in [7, 11) is 4.68. The normalized spacial score (nSPS) is 17.8. The second kappa shape index (κ2) is 13.7. The van der Waals surface area contributed by atoms with E-state index in [0.29, 0.717) is 53.9 Å². The van der Waals surface area contributed by atoms with Crippen LogP contribution in [0.3, 0.4) is 0 Å². The minimum absolute atomic E-state index is 0.0698. The van der Waals surface area contributed by atoms with Gasteiger partial charge < -0.3 is 34.1 Å². The third kappa shape index (κ3) is 6.77. The number of ether oxygens (including phenoxy) is 5. The van der Waals surface area contributed by atoms with Crippen molar-refractivity contribution in [3.63, 3.8) is 0 Å². The summed E-state index contributed by atoms with van der Waals surface area (Å²) in [5, 5.41) is 12.1. The molecule has 1 aliphatic heterocycles. The molecule has 0 bridgehead atoms. The number of aliphatic imine (C=N–C) groups is 1. The van der Waals surface area contributed by atoms with Crippen molar-refractivity contribution in [2.45, 2.75) is 38.0 Å². The third-order valence-electron chi connectivity index (χ3n) is 6.99. The van der Waals surface area contributed by atoms with Crippen molar-refractivity contribution in [1.29, 1.82) is 0 Å². The van der Waals surface area contributed by atoms with Gasteiger partial charge in [-0.25, -0.2) is 4.99 Å². The zero-order valence-corrected chi connectivity index (χ0v) is 25.2. The first-order valence-corrected chi connectivity index (χ1v) is 14.1. The van der Waals surface area contributed by atoms with Crippen molar-refractivity contribution in [1.82, 2.24) is 5.32 Å². The lowest BCUT2D eigenvalue weighted by Crippen LogP contribution is -2.52.